The van der Waals surface area contributed by atoms with E-state index in [1.807, 2.05) is 24.7 Å². The molecule has 16 heavy (non-hydrogen) atoms. The van der Waals surface area contributed by atoms with Crippen molar-refractivity contribution in [2.24, 2.45) is 0 Å². The van der Waals surface area contributed by atoms with E-state index in [1.54, 1.807) is 0 Å². The molecule has 0 radical (unpaired) electrons. The van der Waals surface area contributed by atoms with Gasteiger partial charge in [0.2, 0.25) is 0 Å². The van der Waals surface area contributed by atoms with Gasteiger partial charge in [-0.15, -0.1) is 0 Å². The van der Waals surface area contributed by atoms with Gasteiger partial charge in [-0.3, -0.25) is 9.97 Å². The van der Waals surface area contributed by atoms with Gasteiger partial charge in [0.15, 0.2) is 0 Å². The molecule has 2 heterocycles. The highest BCUT2D eigenvalue weighted by atomic mass is 14.7. The van der Waals surface area contributed by atoms with E-state index >= 15 is 0 Å². The first-order valence-corrected chi connectivity index (χ1v) is 5.36. The van der Waals surface area contributed by atoms with E-state index in [1.165, 1.54) is 27.3 Å². The van der Waals surface area contributed by atoms with Crippen LogP contribution in [0.5, 0.6) is 0 Å². The van der Waals surface area contributed by atoms with E-state index in [0.717, 1.165) is 5.52 Å². The molecular formula is C14H12N2. The average molecular weight is 208 g/mol. The Morgan fingerprint density at radius 3 is 2.62 bits per heavy atom. The summed E-state index contributed by atoms with van der Waals surface area (Å²) in [4.78, 5) is 8.67. The largest absolute Gasteiger partial charge is 0.264 e. The average Bonchev–Trinajstić information content (AvgIpc) is 2.36. The Bertz CT molecular complexity index is 626. The molecular weight excluding hydrogens is 196 g/mol. The zero-order valence-corrected chi connectivity index (χ0v) is 9.36. The first-order chi connectivity index (χ1) is 7.79. The van der Waals surface area contributed by atoms with Crippen LogP contribution in [0.4, 0.5) is 0 Å². The van der Waals surface area contributed by atoms with Gasteiger partial charge >= 0.3 is 0 Å². The molecule has 0 aliphatic heterocycles. The van der Waals surface area contributed by atoms with Gasteiger partial charge in [0.1, 0.15) is 0 Å². The molecule has 0 amide bonds. The summed E-state index contributed by atoms with van der Waals surface area (Å²) in [5.41, 5.74) is 3.61. The summed E-state index contributed by atoms with van der Waals surface area (Å²) < 4.78 is 0. The van der Waals surface area contributed by atoms with Crippen molar-refractivity contribution in [2.45, 2.75) is 13.8 Å². The third-order valence-electron chi connectivity index (χ3n) is 3.24. The van der Waals surface area contributed by atoms with Gasteiger partial charge in [0.05, 0.1) is 5.52 Å². The molecule has 0 saturated carbocycles. The van der Waals surface area contributed by atoms with Gasteiger partial charge in [-0.1, -0.05) is 6.07 Å². The Morgan fingerprint density at radius 1 is 0.875 bits per heavy atom. The van der Waals surface area contributed by atoms with Crippen molar-refractivity contribution in [2.75, 3.05) is 0 Å². The van der Waals surface area contributed by atoms with E-state index in [2.05, 4.69) is 35.9 Å². The summed E-state index contributed by atoms with van der Waals surface area (Å²) in [5, 5.41) is 3.67. The Kier molecular flexibility index (Phi) is 1.90. The molecule has 2 aromatic heterocycles. The fraction of sp³-hybridized carbons (Fsp3) is 0.143. The summed E-state index contributed by atoms with van der Waals surface area (Å²) in [6, 6.07) is 6.17. The highest BCUT2D eigenvalue weighted by Crippen LogP contribution is 2.29. The summed E-state index contributed by atoms with van der Waals surface area (Å²) >= 11 is 0. The molecule has 0 spiro atoms. The SMILES string of the molecule is Cc1c(C)c2ncccc2c2ccncc12. The first-order valence-electron chi connectivity index (χ1n) is 5.36. The van der Waals surface area contributed by atoms with Crippen LogP contribution < -0.4 is 0 Å². The molecule has 0 N–H and O–H groups in total. The van der Waals surface area contributed by atoms with Crippen LogP contribution >= 0.6 is 0 Å². The topological polar surface area (TPSA) is 25.8 Å². The maximum atomic E-state index is 4.47. The number of aromatic nitrogens is 2. The highest BCUT2D eigenvalue weighted by Gasteiger charge is 2.08. The molecule has 0 bridgehead atoms. The fourth-order valence-corrected chi connectivity index (χ4v) is 2.23. The number of fused-ring (bicyclic) bond motifs is 3. The van der Waals surface area contributed by atoms with Crippen LogP contribution in [-0.2, 0) is 0 Å². The summed E-state index contributed by atoms with van der Waals surface area (Å²) in [5.74, 6) is 0. The lowest BCUT2D eigenvalue weighted by Crippen LogP contribution is -1.90. The highest BCUT2D eigenvalue weighted by molar-refractivity contribution is 6.08. The minimum atomic E-state index is 1.10. The molecule has 2 nitrogen and oxygen atoms in total. The normalized spacial score (nSPS) is 11.1. The number of pyridine rings is 2. The molecule has 3 rings (SSSR count). The molecule has 0 atom stereocenters. The maximum absolute atomic E-state index is 4.47. The number of hydrogen-bond acceptors (Lipinski definition) is 2. The van der Waals surface area contributed by atoms with Gasteiger partial charge in [0, 0.05) is 29.4 Å². The van der Waals surface area contributed by atoms with Gasteiger partial charge in [-0.2, -0.15) is 0 Å². The lowest BCUT2D eigenvalue weighted by molar-refractivity contribution is 1.31. The van der Waals surface area contributed by atoms with Gasteiger partial charge in [-0.05, 0) is 42.5 Å². The van der Waals surface area contributed by atoms with Crippen LogP contribution in [0.25, 0.3) is 21.7 Å². The molecule has 78 valence electrons. The second kappa shape index (κ2) is 3.27. The summed E-state index contributed by atoms with van der Waals surface area (Å²) in [7, 11) is 0. The second-order valence-electron chi connectivity index (χ2n) is 4.07. The van der Waals surface area contributed by atoms with Crippen LogP contribution in [0.1, 0.15) is 11.1 Å². The van der Waals surface area contributed by atoms with E-state index in [-0.39, 0.29) is 0 Å². The summed E-state index contributed by atoms with van der Waals surface area (Å²) in [6.07, 6.45) is 5.62. The van der Waals surface area contributed by atoms with Crippen LogP contribution in [0.15, 0.2) is 36.8 Å². The zero-order valence-electron chi connectivity index (χ0n) is 9.36. The van der Waals surface area contributed by atoms with Crippen molar-refractivity contribution in [3.63, 3.8) is 0 Å². The van der Waals surface area contributed by atoms with Crippen LogP contribution in [0.2, 0.25) is 0 Å². The predicted molar refractivity (Wildman–Crippen MR) is 66.5 cm³/mol. The standard InChI is InChI=1S/C14H12N2/c1-9-10(2)14-12(4-3-6-16-14)11-5-7-15-8-13(9)11/h3-8H,1-2H3. The molecule has 0 aliphatic rings. The molecule has 0 unspecified atom stereocenters. The zero-order chi connectivity index (χ0) is 11.1. The Labute approximate surface area is 94.0 Å². The molecule has 3 aromatic rings. The van der Waals surface area contributed by atoms with Crippen molar-refractivity contribution in [1.82, 2.24) is 9.97 Å². The Balaban J connectivity index is 2.69. The van der Waals surface area contributed by atoms with Crippen LogP contribution in [0.3, 0.4) is 0 Å². The summed E-state index contributed by atoms with van der Waals surface area (Å²) in [6.45, 7) is 4.25. The van der Waals surface area contributed by atoms with E-state index < -0.39 is 0 Å². The van der Waals surface area contributed by atoms with Gasteiger partial charge in [0.25, 0.3) is 0 Å². The van der Waals surface area contributed by atoms with Crippen LogP contribution in [-0.4, -0.2) is 9.97 Å². The predicted octanol–water partition coefficient (Wildman–Crippen LogP) is 3.40. The van der Waals surface area contributed by atoms with Crippen molar-refractivity contribution in [3.05, 3.63) is 47.9 Å². The molecule has 1 aromatic carbocycles. The monoisotopic (exact) mass is 208 g/mol. The number of aryl methyl sites for hydroxylation is 2. The lowest BCUT2D eigenvalue weighted by Gasteiger charge is -2.09. The Hall–Kier alpha value is -1.96. The van der Waals surface area contributed by atoms with Crippen molar-refractivity contribution in [3.8, 4) is 0 Å². The Morgan fingerprint density at radius 2 is 1.75 bits per heavy atom. The van der Waals surface area contributed by atoms with Crippen LogP contribution in [0, 0.1) is 13.8 Å². The minimum absolute atomic E-state index is 1.10. The molecule has 0 fully saturated rings. The first kappa shape index (κ1) is 9.28. The molecule has 0 saturated heterocycles. The third-order valence-corrected chi connectivity index (χ3v) is 3.24. The molecule has 0 aliphatic carbocycles. The number of nitrogens with zero attached hydrogens (tertiary/aromatic N) is 2. The van der Waals surface area contributed by atoms with E-state index in [9.17, 15) is 0 Å². The maximum Gasteiger partial charge on any atom is 0.0740 e. The number of rotatable bonds is 0. The van der Waals surface area contributed by atoms with E-state index in [0.29, 0.717) is 0 Å². The van der Waals surface area contributed by atoms with Gasteiger partial charge in [-0.25, -0.2) is 0 Å². The minimum Gasteiger partial charge on any atom is -0.264 e. The van der Waals surface area contributed by atoms with Crippen molar-refractivity contribution in [1.29, 1.82) is 0 Å². The quantitative estimate of drug-likeness (QED) is 0.529. The van der Waals surface area contributed by atoms with E-state index in [4.69, 9.17) is 0 Å². The lowest BCUT2D eigenvalue weighted by atomic mass is 9.97. The van der Waals surface area contributed by atoms with Crippen molar-refractivity contribution < 1.29 is 0 Å². The number of benzene rings is 1. The molecule has 2 heteroatoms. The third kappa shape index (κ3) is 1.13. The smallest absolute Gasteiger partial charge is 0.0740 e. The second-order valence-corrected chi connectivity index (χ2v) is 4.07. The van der Waals surface area contributed by atoms with Crippen molar-refractivity contribution >= 4 is 21.7 Å². The number of hydrogen-bond donors (Lipinski definition) is 0. The van der Waals surface area contributed by atoms with Gasteiger partial charge < -0.3 is 0 Å². The fourth-order valence-electron chi connectivity index (χ4n) is 2.23.